The first kappa shape index (κ1) is 31.1. The summed E-state index contributed by atoms with van der Waals surface area (Å²) < 4.78 is 25.9. The molecule has 8 atom stereocenters. The van der Waals surface area contributed by atoms with Crippen molar-refractivity contribution in [3.63, 3.8) is 0 Å². The van der Waals surface area contributed by atoms with Crippen LogP contribution in [0.4, 0.5) is 0 Å². The van der Waals surface area contributed by atoms with E-state index in [1.165, 1.54) is 6.92 Å². The first-order valence-electron chi connectivity index (χ1n) is 15.4. The minimum absolute atomic E-state index is 0.0545. The van der Waals surface area contributed by atoms with Crippen molar-refractivity contribution in [3.8, 4) is 0 Å². The third-order valence-corrected chi connectivity index (χ3v) is 12.3. The van der Waals surface area contributed by atoms with Crippen LogP contribution < -0.4 is 0 Å². The maximum atomic E-state index is 14.6. The highest BCUT2D eigenvalue weighted by molar-refractivity contribution is 6.69. The zero-order chi connectivity index (χ0) is 31.0. The van der Waals surface area contributed by atoms with Gasteiger partial charge in [0.05, 0.1) is 18.3 Å². The number of hydrogen-bond donors (Lipinski definition) is 0. The van der Waals surface area contributed by atoms with E-state index in [0.717, 1.165) is 11.1 Å². The number of esters is 2. The summed E-state index contributed by atoms with van der Waals surface area (Å²) in [6.45, 7) is 20.8. The average Bonchev–Trinajstić information content (AvgIpc) is 2.86. The van der Waals surface area contributed by atoms with E-state index in [2.05, 4.69) is 54.3 Å². The second kappa shape index (κ2) is 10.1. The van der Waals surface area contributed by atoms with Crippen LogP contribution in [-0.2, 0) is 28.2 Å². The number of benzene rings is 1. The van der Waals surface area contributed by atoms with Crippen molar-refractivity contribution >= 4 is 26.0 Å². The summed E-state index contributed by atoms with van der Waals surface area (Å²) in [5.74, 6) is -1.12. The fourth-order valence-corrected chi connectivity index (χ4v) is 9.89. The van der Waals surface area contributed by atoms with Gasteiger partial charge in [-0.05, 0) is 68.4 Å². The van der Waals surface area contributed by atoms with Gasteiger partial charge in [-0.25, -0.2) is 4.79 Å². The molecule has 8 heteroatoms. The van der Waals surface area contributed by atoms with Gasteiger partial charge in [0.2, 0.25) is 0 Å². The molecule has 4 aliphatic rings. The molecule has 1 aromatic carbocycles. The van der Waals surface area contributed by atoms with Gasteiger partial charge in [0.25, 0.3) is 0 Å². The van der Waals surface area contributed by atoms with Gasteiger partial charge in [-0.15, -0.1) is 0 Å². The molecule has 0 N–H and O–H groups in total. The van der Waals surface area contributed by atoms with Crippen molar-refractivity contribution in [2.45, 2.75) is 111 Å². The van der Waals surface area contributed by atoms with Gasteiger partial charge >= 0.3 is 11.9 Å². The maximum absolute atomic E-state index is 14.6. The number of carbonyl (C=O) groups excluding carboxylic acids is 3. The molecule has 1 aromatic rings. The normalized spacial score (nSPS) is 39.2. The van der Waals surface area contributed by atoms with Gasteiger partial charge in [-0.2, -0.15) is 0 Å². The maximum Gasteiger partial charge on any atom is 0.338 e. The van der Waals surface area contributed by atoms with Crippen LogP contribution in [0.3, 0.4) is 0 Å². The Hall–Kier alpha value is -2.29. The molecular weight excluding hydrogens is 548 g/mol. The monoisotopic (exact) mass is 596 g/mol. The Labute approximate surface area is 251 Å². The topological polar surface area (TPSA) is 88.1 Å². The molecule has 2 bridgehead atoms. The lowest BCUT2D eigenvalue weighted by atomic mass is 9.41. The van der Waals surface area contributed by atoms with Crippen LogP contribution in [0.1, 0.15) is 78.1 Å². The van der Waals surface area contributed by atoms with Crippen molar-refractivity contribution in [3.05, 3.63) is 47.0 Å². The summed E-state index contributed by atoms with van der Waals surface area (Å²) in [7, 11) is -2.02. The second-order valence-corrected chi connectivity index (χ2v) is 19.7. The first-order valence-corrected chi connectivity index (χ1v) is 18.8. The smallest absolute Gasteiger partial charge is 0.338 e. The number of fused-ring (bicyclic) bond motifs is 5. The Morgan fingerprint density at radius 2 is 1.69 bits per heavy atom. The molecule has 2 saturated carbocycles. The molecule has 5 rings (SSSR count). The van der Waals surface area contributed by atoms with Gasteiger partial charge in [-0.1, -0.05) is 52.8 Å². The zero-order valence-electron chi connectivity index (χ0n) is 27.0. The van der Waals surface area contributed by atoms with Crippen LogP contribution >= 0.6 is 0 Å². The summed E-state index contributed by atoms with van der Waals surface area (Å²) in [4.78, 5) is 41.3. The van der Waals surface area contributed by atoms with E-state index in [-0.39, 0.29) is 36.9 Å². The fraction of sp³-hybridized carbons (Fsp3) is 0.676. The second-order valence-electron chi connectivity index (χ2n) is 15.3. The van der Waals surface area contributed by atoms with E-state index >= 15 is 0 Å². The Bertz CT molecular complexity index is 1310. The van der Waals surface area contributed by atoms with Crippen molar-refractivity contribution in [1.29, 1.82) is 0 Å². The minimum Gasteiger partial charge on any atom is -0.458 e. The van der Waals surface area contributed by atoms with Crippen molar-refractivity contribution in [2.75, 3.05) is 6.61 Å². The lowest BCUT2D eigenvalue weighted by Crippen LogP contribution is -2.77. The molecule has 1 aliphatic heterocycles. The lowest BCUT2D eigenvalue weighted by Gasteiger charge is -2.68. The van der Waals surface area contributed by atoms with E-state index in [0.29, 0.717) is 18.4 Å². The summed E-state index contributed by atoms with van der Waals surface area (Å²) in [6.07, 6.45) is 0.190. The molecule has 1 heterocycles. The van der Waals surface area contributed by atoms with Crippen LogP contribution in [0, 0.1) is 28.1 Å². The molecule has 1 saturated heterocycles. The van der Waals surface area contributed by atoms with Crippen molar-refractivity contribution < 1.29 is 33.0 Å². The summed E-state index contributed by atoms with van der Waals surface area (Å²) >= 11 is 0. The lowest BCUT2D eigenvalue weighted by molar-refractivity contribution is -0.338. The molecule has 3 fully saturated rings. The van der Waals surface area contributed by atoms with Crippen molar-refractivity contribution in [1.82, 2.24) is 0 Å². The molecule has 3 aliphatic carbocycles. The van der Waals surface area contributed by atoms with Gasteiger partial charge in [-0.3, -0.25) is 9.59 Å². The largest absolute Gasteiger partial charge is 0.458 e. The molecule has 42 heavy (non-hydrogen) atoms. The molecule has 0 radical (unpaired) electrons. The number of ether oxygens (including phenoxy) is 3. The first-order chi connectivity index (χ1) is 19.4. The average molecular weight is 597 g/mol. The van der Waals surface area contributed by atoms with Gasteiger partial charge < -0.3 is 18.6 Å². The molecule has 0 aromatic heterocycles. The molecule has 7 nitrogen and oxygen atoms in total. The third-order valence-electron chi connectivity index (χ3n) is 11.3. The highest BCUT2D eigenvalue weighted by Gasteiger charge is 2.74. The highest BCUT2D eigenvalue weighted by Crippen LogP contribution is 2.68. The summed E-state index contributed by atoms with van der Waals surface area (Å²) in [5.41, 5.74) is -0.773. The van der Waals surface area contributed by atoms with Gasteiger partial charge in [0.15, 0.2) is 19.7 Å². The highest BCUT2D eigenvalue weighted by atomic mass is 28.4. The minimum atomic E-state index is -2.02. The van der Waals surface area contributed by atoms with E-state index in [1.807, 2.05) is 25.1 Å². The number of ketones is 1. The quantitative estimate of drug-likeness (QED) is 0.282. The fourth-order valence-electron chi connectivity index (χ4n) is 8.78. The molecule has 2 unspecified atom stereocenters. The van der Waals surface area contributed by atoms with Gasteiger partial charge in [0, 0.05) is 35.7 Å². The van der Waals surface area contributed by atoms with E-state index in [4.69, 9.17) is 18.6 Å². The number of Topliss-reactive ketones (excluding diaryl/α,β-unsaturated/α-hetero) is 1. The van der Waals surface area contributed by atoms with E-state index < -0.39 is 54.1 Å². The molecule has 230 valence electrons. The predicted octanol–water partition coefficient (Wildman–Crippen LogP) is 6.52. The Balaban J connectivity index is 1.78. The zero-order valence-corrected chi connectivity index (χ0v) is 28.0. The van der Waals surface area contributed by atoms with Crippen molar-refractivity contribution in [2.24, 2.45) is 28.1 Å². The van der Waals surface area contributed by atoms with Crippen LogP contribution in [0.25, 0.3) is 0 Å². The Morgan fingerprint density at radius 3 is 2.24 bits per heavy atom. The molecule has 0 spiro atoms. The number of rotatable bonds is 5. The standard InChI is InChI=1S/C34H48O7Si/c1-20-16-26-34(19-38-26,40-22(3)35)28-29(39-30(37)23-14-12-11-13-15-23)33(7)18-25(41-42(8,9)10)21(2)27(31(33,4)5)24(36)17-32(20,28)6/h11-15,20,25-26,28-29H,16-19H2,1-10H3/t20-,25-,26+,28?,29?,32+,33-,34-/m0/s1. The summed E-state index contributed by atoms with van der Waals surface area (Å²) in [6, 6.07) is 9.04. The Kier molecular flexibility index (Phi) is 7.51. The molecule has 0 amide bonds. The van der Waals surface area contributed by atoms with E-state index in [1.54, 1.807) is 12.1 Å². The van der Waals surface area contributed by atoms with Crippen LogP contribution in [-0.4, -0.2) is 56.6 Å². The predicted molar refractivity (Wildman–Crippen MR) is 162 cm³/mol. The van der Waals surface area contributed by atoms with Gasteiger partial charge in [0.1, 0.15) is 12.2 Å². The van der Waals surface area contributed by atoms with Crippen LogP contribution in [0.15, 0.2) is 41.5 Å². The van der Waals surface area contributed by atoms with Crippen LogP contribution in [0.2, 0.25) is 19.6 Å². The Morgan fingerprint density at radius 1 is 1.05 bits per heavy atom. The number of allylic oxidation sites excluding steroid dienone is 1. The number of carbonyl (C=O) groups is 3. The van der Waals surface area contributed by atoms with E-state index in [9.17, 15) is 14.4 Å². The SMILES string of the molecule is CC(=O)O[C@@]12CO[C@@H]1C[C@H](C)[C@@]1(C)CC(=O)C3=C(C)[C@@H](O[Si](C)(C)C)C[C@@](C)(C(OC(=O)c4ccccc4)C12)C3(C)C. The summed E-state index contributed by atoms with van der Waals surface area (Å²) in [5, 5.41) is 0. The number of hydrogen-bond acceptors (Lipinski definition) is 7. The van der Waals surface area contributed by atoms with Crippen LogP contribution in [0.5, 0.6) is 0 Å². The third kappa shape index (κ3) is 4.63. The molecular formula is C34H48O7Si.